The van der Waals surface area contributed by atoms with Crippen LogP contribution in [0.15, 0.2) is 24.3 Å². The fourth-order valence-electron chi connectivity index (χ4n) is 1.60. The van der Waals surface area contributed by atoms with Crippen molar-refractivity contribution in [3.63, 3.8) is 0 Å². The van der Waals surface area contributed by atoms with E-state index in [4.69, 9.17) is 5.26 Å². The lowest BCUT2D eigenvalue weighted by atomic mass is 10.2. The average molecular weight is 312 g/mol. The van der Waals surface area contributed by atoms with Crippen molar-refractivity contribution in [2.75, 3.05) is 0 Å². The number of nitriles is 1. The molecule has 112 valence electrons. The highest BCUT2D eigenvalue weighted by atomic mass is 19.2. The average Bonchev–Trinajstić information content (AvgIpc) is 2.50. The molecule has 5 nitrogen and oxygen atoms in total. The molecule has 0 N–H and O–H groups in total. The number of hydrogen-bond acceptors (Lipinski definition) is 4. The maximum Gasteiger partial charge on any atom is 0.311 e. The summed E-state index contributed by atoms with van der Waals surface area (Å²) in [5.74, 6) is -9.95. The quantitative estimate of drug-likeness (QED) is 0.374. The normalized spacial score (nSPS) is 10.1. The molecular formula is C13H4F4N2O3. The van der Waals surface area contributed by atoms with Gasteiger partial charge in [0.2, 0.25) is 23.1 Å². The second-order valence-corrected chi connectivity index (χ2v) is 3.90. The van der Waals surface area contributed by atoms with Crippen LogP contribution in [0.3, 0.4) is 0 Å². The molecule has 0 radical (unpaired) electrons. The van der Waals surface area contributed by atoms with Gasteiger partial charge in [-0.25, -0.2) is 8.78 Å². The van der Waals surface area contributed by atoms with Crippen LogP contribution in [0.1, 0.15) is 5.56 Å². The van der Waals surface area contributed by atoms with Crippen molar-refractivity contribution < 1.29 is 27.2 Å². The molecule has 2 rings (SSSR count). The van der Waals surface area contributed by atoms with Crippen molar-refractivity contribution in [2.45, 2.75) is 0 Å². The highest BCUT2D eigenvalue weighted by molar-refractivity contribution is 5.49. The van der Waals surface area contributed by atoms with Crippen molar-refractivity contribution in [1.29, 1.82) is 5.26 Å². The second kappa shape index (κ2) is 5.69. The number of ether oxygens (including phenoxy) is 1. The zero-order chi connectivity index (χ0) is 16.4. The molecule has 0 aliphatic rings. The third kappa shape index (κ3) is 2.42. The number of para-hydroxylation sites is 2. The van der Waals surface area contributed by atoms with Gasteiger partial charge in [-0.05, 0) is 6.07 Å². The van der Waals surface area contributed by atoms with E-state index in [1.807, 2.05) is 0 Å². The minimum atomic E-state index is -1.96. The van der Waals surface area contributed by atoms with Gasteiger partial charge in [-0.3, -0.25) is 10.1 Å². The highest BCUT2D eigenvalue weighted by Gasteiger charge is 2.28. The SMILES string of the molecule is N#Cc1c(F)c(F)c(Oc2ccccc2[N+](=O)[O-])c(F)c1F. The largest absolute Gasteiger partial charge is 0.444 e. The lowest BCUT2D eigenvalue weighted by Gasteiger charge is -2.10. The van der Waals surface area contributed by atoms with Crippen LogP contribution in [-0.4, -0.2) is 4.92 Å². The lowest BCUT2D eigenvalue weighted by Crippen LogP contribution is -2.04. The van der Waals surface area contributed by atoms with Gasteiger partial charge in [-0.15, -0.1) is 0 Å². The zero-order valence-corrected chi connectivity index (χ0v) is 10.4. The summed E-state index contributed by atoms with van der Waals surface area (Å²) in [5.41, 5.74) is -2.11. The summed E-state index contributed by atoms with van der Waals surface area (Å²) in [6.45, 7) is 0. The fraction of sp³-hybridized carbons (Fsp3) is 0. The van der Waals surface area contributed by atoms with Crippen LogP contribution in [0.2, 0.25) is 0 Å². The van der Waals surface area contributed by atoms with Gasteiger partial charge < -0.3 is 4.74 Å². The number of nitro groups is 1. The molecular weight excluding hydrogens is 308 g/mol. The van der Waals surface area contributed by atoms with E-state index in [1.54, 1.807) is 0 Å². The van der Waals surface area contributed by atoms with E-state index < -0.39 is 50.9 Å². The van der Waals surface area contributed by atoms with Gasteiger partial charge in [0.25, 0.3) is 0 Å². The molecule has 0 saturated heterocycles. The molecule has 0 spiro atoms. The number of nitro benzene ring substituents is 1. The first-order valence-electron chi connectivity index (χ1n) is 5.55. The predicted octanol–water partition coefficient (Wildman–Crippen LogP) is 3.82. The van der Waals surface area contributed by atoms with E-state index in [0.29, 0.717) is 0 Å². The topological polar surface area (TPSA) is 76.2 Å². The molecule has 0 heterocycles. The summed E-state index contributed by atoms with van der Waals surface area (Å²) in [4.78, 5) is 9.86. The molecule has 0 bridgehead atoms. The van der Waals surface area contributed by atoms with Gasteiger partial charge in [0.1, 0.15) is 11.6 Å². The lowest BCUT2D eigenvalue weighted by molar-refractivity contribution is -0.385. The summed E-state index contributed by atoms with van der Waals surface area (Å²) in [7, 11) is 0. The van der Waals surface area contributed by atoms with Crippen LogP contribution in [0.25, 0.3) is 0 Å². The van der Waals surface area contributed by atoms with Gasteiger partial charge in [0, 0.05) is 6.07 Å². The molecule has 0 amide bonds. The maximum absolute atomic E-state index is 13.7. The van der Waals surface area contributed by atoms with Crippen LogP contribution < -0.4 is 4.74 Å². The highest BCUT2D eigenvalue weighted by Crippen LogP contribution is 2.36. The minimum Gasteiger partial charge on any atom is -0.444 e. The number of rotatable bonds is 3. The number of nitrogens with zero attached hydrogens (tertiary/aromatic N) is 2. The Kier molecular flexibility index (Phi) is 3.94. The number of halogens is 4. The summed E-state index contributed by atoms with van der Waals surface area (Å²) in [5, 5.41) is 19.2. The molecule has 0 unspecified atom stereocenters. The summed E-state index contributed by atoms with van der Waals surface area (Å²) in [6.07, 6.45) is 0. The van der Waals surface area contributed by atoms with Crippen molar-refractivity contribution in [3.8, 4) is 17.6 Å². The molecule has 0 fully saturated rings. The van der Waals surface area contributed by atoms with Gasteiger partial charge >= 0.3 is 5.69 Å². The molecule has 9 heteroatoms. The summed E-state index contributed by atoms with van der Waals surface area (Å²) >= 11 is 0. The molecule has 22 heavy (non-hydrogen) atoms. The first kappa shape index (κ1) is 15.2. The number of benzene rings is 2. The molecule has 0 aromatic heterocycles. The Balaban J connectivity index is 2.62. The Bertz CT molecular complexity index is 789. The zero-order valence-electron chi connectivity index (χ0n) is 10.4. The van der Waals surface area contributed by atoms with E-state index in [-0.39, 0.29) is 0 Å². The summed E-state index contributed by atoms with van der Waals surface area (Å²) < 4.78 is 58.9. The van der Waals surface area contributed by atoms with Crippen molar-refractivity contribution >= 4 is 5.69 Å². The molecule has 0 atom stereocenters. The Hall–Kier alpha value is -3.15. The second-order valence-electron chi connectivity index (χ2n) is 3.90. The van der Waals surface area contributed by atoms with Crippen molar-refractivity contribution in [3.05, 3.63) is 63.2 Å². The maximum atomic E-state index is 13.7. The molecule has 0 saturated carbocycles. The molecule has 2 aromatic rings. The monoisotopic (exact) mass is 312 g/mol. The van der Waals surface area contributed by atoms with Crippen LogP contribution in [0, 0.1) is 44.7 Å². The Labute approximate surface area is 120 Å². The molecule has 0 aliphatic carbocycles. The Morgan fingerprint density at radius 3 is 2.09 bits per heavy atom. The van der Waals surface area contributed by atoms with Gasteiger partial charge in [-0.2, -0.15) is 14.0 Å². The third-order valence-corrected chi connectivity index (χ3v) is 2.61. The van der Waals surface area contributed by atoms with Gasteiger partial charge in [0.05, 0.1) is 4.92 Å². The third-order valence-electron chi connectivity index (χ3n) is 2.61. The smallest absolute Gasteiger partial charge is 0.311 e. The Morgan fingerprint density at radius 2 is 1.59 bits per heavy atom. The van der Waals surface area contributed by atoms with E-state index in [1.165, 1.54) is 12.1 Å². The van der Waals surface area contributed by atoms with E-state index >= 15 is 0 Å². The van der Waals surface area contributed by atoms with E-state index in [2.05, 4.69) is 4.74 Å². The van der Waals surface area contributed by atoms with Crippen LogP contribution in [0.4, 0.5) is 23.2 Å². The standard InChI is InChI=1S/C13H4F4N2O3/c14-9-6(5-18)10(15)12(17)13(11(9)16)22-8-4-2-1-3-7(8)19(20)21/h1-4H. The van der Waals surface area contributed by atoms with Crippen LogP contribution in [0.5, 0.6) is 11.5 Å². The van der Waals surface area contributed by atoms with Crippen molar-refractivity contribution in [1.82, 2.24) is 0 Å². The first-order valence-corrected chi connectivity index (χ1v) is 5.55. The van der Waals surface area contributed by atoms with Gasteiger partial charge in [-0.1, -0.05) is 12.1 Å². The number of hydrogen-bond donors (Lipinski definition) is 0. The van der Waals surface area contributed by atoms with Gasteiger partial charge in [0.15, 0.2) is 11.6 Å². The van der Waals surface area contributed by atoms with Crippen LogP contribution in [-0.2, 0) is 0 Å². The molecule has 0 aliphatic heterocycles. The van der Waals surface area contributed by atoms with Crippen LogP contribution >= 0.6 is 0 Å². The first-order chi connectivity index (χ1) is 10.4. The van der Waals surface area contributed by atoms with Crippen molar-refractivity contribution in [2.24, 2.45) is 0 Å². The van der Waals surface area contributed by atoms with E-state index in [9.17, 15) is 27.7 Å². The van der Waals surface area contributed by atoms with E-state index in [0.717, 1.165) is 18.2 Å². The summed E-state index contributed by atoms with van der Waals surface area (Å²) in [6, 6.07) is 5.46. The Morgan fingerprint density at radius 1 is 1.05 bits per heavy atom. The predicted molar refractivity (Wildman–Crippen MR) is 64.2 cm³/mol. The fourth-order valence-corrected chi connectivity index (χ4v) is 1.60. The minimum absolute atomic E-state index is 0.617. The molecule has 2 aromatic carbocycles.